The number of aromatic nitrogens is 2. The van der Waals surface area contributed by atoms with Crippen molar-refractivity contribution in [2.75, 3.05) is 6.61 Å². The van der Waals surface area contributed by atoms with E-state index in [1.165, 1.54) is 24.3 Å². The molecule has 0 N–H and O–H groups in total. The van der Waals surface area contributed by atoms with Crippen molar-refractivity contribution in [3.8, 4) is 0 Å². The SMILES string of the molecule is C=C(C)C(=O)OC(COC(C)(C)C)Cn1cc[n+](C)c1.C=Cc1ccc(S(=O)(=O)[O-])cc1. The minimum absolute atomic E-state index is 0.215. The molecule has 32 heavy (non-hydrogen) atoms. The third kappa shape index (κ3) is 10.5. The van der Waals surface area contributed by atoms with Crippen LogP contribution in [0.4, 0.5) is 0 Å². The van der Waals surface area contributed by atoms with Gasteiger partial charge < -0.3 is 14.0 Å². The van der Waals surface area contributed by atoms with Crippen molar-refractivity contribution in [2.24, 2.45) is 7.05 Å². The smallest absolute Gasteiger partial charge is 0.333 e. The lowest BCUT2D eigenvalue weighted by Gasteiger charge is -2.23. The molecule has 2 aromatic rings. The van der Waals surface area contributed by atoms with Crippen molar-refractivity contribution in [3.05, 3.63) is 67.3 Å². The van der Waals surface area contributed by atoms with Crippen LogP contribution in [0, 0.1) is 0 Å². The Morgan fingerprint density at radius 3 is 2.28 bits per heavy atom. The van der Waals surface area contributed by atoms with Gasteiger partial charge in [0.15, 0.2) is 6.10 Å². The Bertz CT molecular complexity index is 1020. The van der Waals surface area contributed by atoms with Gasteiger partial charge in [0.25, 0.3) is 0 Å². The molecule has 0 saturated heterocycles. The first kappa shape index (κ1) is 27.3. The lowest BCUT2D eigenvalue weighted by molar-refractivity contribution is -0.671. The minimum Gasteiger partial charge on any atom is -0.744 e. The van der Waals surface area contributed by atoms with Gasteiger partial charge in [0.05, 0.1) is 24.2 Å². The number of hydrogen-bond donors (Lipinski definition) is 0. The highest BCUT2D eigenvalue weighted by molar-refractivity contribution is 7.85. The summed E-state index contributed by atoms with van der Waals surface area (Å²) in [5, 5.41) is 0. The second-order valence-corrected chi connectivity index (χ2v) is 9.61. The number of esters is 1. The van der Waals surface area contributed by atoms with Gasteiger partial charge >= 0.3 is 5.97 Å². The number of nitrogens with zero attached hydrogens (tertiary/aromatic N) is 2. The van der Waals surface area contributed by atoms with Crippen molar-refractivity contribution < 1.29 is 31.8 Å². The Labute approximate surface area is 190 Å². The second kappa shape index (κ2) is 11.8. The molecule has 0 aliphatic heterocycles. The molecule has 0 aliphatic carbocycles. The van der Waals surface area contributed by atoms with E-state index in [1.54, 1.807) is 13.0 Å². The highest BCUT2D eigenvalue weighted by Crippen LogP contribution is 2.11. The molecule has 0 spiro atoms. The van der Waals surface area contributed by atoms with E-state index in [-0.39, 0.29) is 22.6 Å². The molecule has 0 fully saturated rings. The van der Waals surface area contributed by atoms with Crippen LogP contribution in [0.5, 0.6) is 0 Å². The van der Waals surface area contributed by atoms with Crippen LogP contribution < -0.4 is 4.57 Å². The first-order valence-corrected chi connectivity index (χ1v) is 11.3. The van der Waals surface area contributed by atoms with Crippen LogP contribution in [0.25, 0.3) is 6.08 Å². The van der Waals surface area contributed by atoms with Crippen LogP contribution in [0.3, 0.4) is 0 Å². The summed E-state index contributed by atoms with van der Waals surface area (Å²) in [6.45, 7) is 15.6. The van der Waals surface area contributed by atoms with Gasteiger partial charge in [-0.1, -0.05) is 31.4 Å². The summed E-state index contributed by atoms with van der Waals surface area (Å²) in [5.41, 5.74) is 0.904. The van der Waals surface area contributed by atoms with Crippen LogP contribution >= 0.6 is 0 Å². The summed E-state index contributed by atoms with van der Waals surface area (Å²) < 4.78 is 46.4. The fourth-order valence-electron chi connectivity index (χ4n) is 2.33. The van der Waals surface area contributed by atoms with E-state index in [0.717, 1.165) is 5.56 Å². The zero-order chi connectivity index (χ0) is 24.5. The predicted molar refractivity (Wildman–Crippen MR) is 121 cm³/mol. The van der Waals surface area contributed by atoms with E-state index in [0.29, 0.717) is 18.7 Å². The van der Waals surface area contributed by atoms with Crippen molar-refractivity contribution in [2.45, 2.75) is 50.8 Å². The molecule has 176 valence electrons. The van der Waals surface area contributed by atoms with Crippen LogP contribution in [0.1, 0.15) is 33.3 Å². The lowest BCUT2D eigenvalue weighted by atomic mass is 10.2. The Morgan fingerprint density at radius 1 is 1.28 bits per heavy atom. The minimum atomic E-state index is -4.31. The summed E-state index contributed by atoms with van der Waals surface area (Å²) in [4.78, 5) is 11.5. The molecule has 8 nitrogen and oxygen atoms in total. The number of ether oxygens (including phenoxy) is 2. The number of carbonyl (C=O) groups excluding carboxylic acids is 1. The molecular formula is C23H32N2O6S. The van der Waals surface area contributed by atoms with E-state index < -0.39 is 10.1 Å². The van der Waals surface area contributed by atoms with E-state index in [2.05, 4.69) is 13.2 Å². The number of carbonyl (C=O) groups is 1. The Hall–Kier alpha value is -2.75. The molecular weight excluding hydrogens is 432 g/mol. The zero-order valence-corrected chi connectivity index (χ0v) is 20.1. The Balaban J connectivity index is 0.000000363. The quantitative estimate of drug-likeness (QED) is 0.258. The highest BCUT2D eigenvalue weighted by atomic mass is 32.2. The molecule has 1 heterocycles. The number of benzene rings is 1. The summed E-state index contributed by atoms with van der Waals surface area (Å²) in [7, 11) is -2.37. The van der Waals surface area contributed by atoms with E-state index >= 15 is 0 Å². The fraction of sp³-hybridized carbons (Fsp3) is 0.391. The fourth-order valence-corrected chi connectivity index (χ4v) is 2.80. The largest absolute Gasteiger partial charge is 0.744 e. The second-order valence-electron chi connectivity index (χ2n) is 8.23. The summed E-state index contributed by atoms with van der Waals surface area (Å²) in [6.07, 6.45) is 7.02. The van der Waals surface area contributed by atoms with Gasteiger partial charge in [-0.05, 0) is 45.4 Å². The van der Waals surface area contributed by atoms with Crippen LogP contribution in [-0.2, 0) is 38.0 Å². The molecule has 0 bridgehead atoms. The van der Waals surface area contributed by atoms with Crippen LogP contribution in [-0.4, -0.2) is 41.8 Å². The van der Waals surface area contributed by atoms with Gasteiger partial charge in [0, 0.05) is 5.57 Å². The molecule has 9 heteroatoms. The third-order valence-corrected chi connectivity index (χ3v) is 4.82. The first-order valence-electron chi connectivity index (χ1n) is 9.91. The molecule has 1 atom stereocenters. The molecule has 0 saturated carbocycles. The third-order valence-electron chi connectivity index (χ3n) is 3.97. The molecule has 1 aromatic heterocycles. The molecule has 0 radical (unpaired) electrons. The van der Waals surface area contributed by atoms with Crippen molar-refractivity contribution in [3.63, 3.8) is 0 Å². The number of aryl methyl sites for hydroxylation is 1. The topological polar surface area (TPSA) is 102 Å². The van der Waals surface area contributed by atoms with Gasteiger partial charge in [-0.3, -0.25) is 0 Å². The first-order chi connectivity index (χ1) is 14.7. The molecule has 0 amide bonds. The average molecular weight is 465 g/mol. The normalized spacial score (nSPS) is 12.3. The van der Waals surface area contributed by atoms with Crippen LogP contribution in [0.15, 0.2) is 66.6 Å². The monoisotopic (exact) mass is 464 g/mol. The molecule has 1 aromatic carbocycles. The maximum absolute atomic E-state index is 11.7. The van der Waals surface area contributed by atoms with E-state index in [9.17, 15) is 17.8 Å². The Morgan fingerprint density at radius 2 is 1.88 bits per heavy atom. The van der Waals surface area contributed by atoms with Gasteiger partial charge in [-0.2, -0.15) is 0 Å². The lowest BCUT2D eigenvalue weighted by Crippen LogP contribution is -2.33. The molecule has 2 rings (SSSR count). The number of rotatable bonds is 8. The molecule has 1 unspecified atom stereocenters. The number of hydrogen-bond acceptors (Lipinski definition) is 6. The maximum Gasteiger partial charge on any atom is 0.333 e. The summed E-state index contributed by atoms with van der Waals surface area (Å²) >= 11 is 0. The van der Waals surface area contributed by atoms with Crippen molar-refractivity contribution >= 4 is 22.2 Å². The zero-order valence-electron chi connectivity index (χ0n) is 19.3. The van der Waals surface area contributed by atoms with Crippen molar-refractivity contribution in [1.82, 2.24) is 4.57 Å². The molecule has 0 aliphatic rings. The Kier molecular flexibility index (Phi) is 10.0. The number of imidazole rings is 1. The van der Waals surface area contributed by atoms with Crippen LogP contribution in [0.2, 0.25) is 0 Å². The van der Waals surface area contributed by atoms with Gasteiger partial charge in [0.2, 0.25) is 6.33 Å². The van der Waals surface area contributed by atoms with Gasteiger partial charge in [0.1, 0.15) is 29.1 Å². The standard InChI is InChI=1S/C15H25N2O3.C8H8O3S/c1-12(2)14(18)20-13(10-19-15(3,4)5)9-17-8-7-16(6)11-17;1-2-7-3-5-8(6-4-7)12(9,10)11/h7-8,11,13H,1,9-10H2,2-6H3;2-6H,1H2,(H,9,10,11)/q+1;/p-1. The van der Waals surface area contributed by atoms with E-state index in [1.807, 2.05) is 55.7 Å². The maximum atomic E-state index is 11.7. The van der Waals surface area contributed by atoms with Gasteiger partial charge in [-0.25, -0.2) is 22.3 Å². The average Bonchev–Trinajstić information content (AvgIpc) is 3.10. The van der Waals surface area contributed by atoms with E-state index in [4.69, 9.17) is 9.47 Å². The summed E-state index contributed by atoms with van der Waals surface area (Å²) in [6, 6.07) is 5.58. The highest BCUT2D eigenvalue weighted by Gasteiger charge is 2.22. The van der Waals surface area contributed by atoms with Gasteiger partial charge in [-0.15, -0.1) is 0 Å². The summed E-state index contributed by atoms with van der Waals surface area (Å²) in [5.74, 6) is -0.385. The van der Waals surface area contributed by atoms with Crippen molar-refractivity contribution in [1.29, 1.82) is 0 Å². The predicted octanol–water partition coefficient (Wildman–Crippen LogP) is 2.85.